The van der Waals surface area contributed by atoms with Crippen LogP contribution in [0, 0.1) is 0 Å². The molecule has 0 aliphatic heterocycles. The molecule has 17 heavy (non-hydrogen) atoms. The zero-order valence-electron chi connectivity index (χ0n) is 7.86. The standard InChI is InChI=1S/C6H9BO9.K.H/c8-3(9)1-6(13,5(11)12)2-4(10)16-7(14)15;;/h13-15H,1-2H2,(H,8,9)(H,11,12);;. The van der Waals surface area contributed by atoms with Gasteiger partial charge in [-0.3, -0.25) is 9.59 Å². The molecule has 0 bridgehead atoms. The van der Waals surface area contributed by atoms with Crippen molar-refractivity contribution in [1.29, 1.82) is 0 Å². The van der Waals surface area contributed by atoms with Gasteiger partial charge in [-0.15, -0.1) is 0 Å². The Morgan fingerprint density at radius 2 is 1.59 bits per heavy atom. The normalized spacial score (nSPS) is 12.9. The van der Waals surface area contributed by atoms with E-state index in [1.807, 2.05) is 0 Å². The van der Waals surface area contributed by atoms with Gasteiger partial charge in [0.2, 0.25) is 0 Å². The van der Waals surface area contributed by atoms with Crippen molar-refractivity contribution in [3.8, 4) is 0 Å². The first-order chi connectivity index (χ1) is 7.17. The molecule has 1 unspecified atom stereocenters. The van der Waals surface area contributed by atoms with Crippen molar-refractivity contribution in [2.45, 2.75) is 18.4 Å². The Labute approximate surface area is 138 Å². The average molecular weight is 276 g/mol. The number of hydrogen-bond donors (Lipinski definition) is 5. The van der Waals surface area contributed by atoms with Gasteiger partial charge in [-0.1, -0.05) is 0 Å². The van der Waals surface area contributed by atoms with E-state index in [2.05, 4.69) is 4.65 Å². The molecule has 0 aromatic rings. The van der Waals surface area contributed by atoms with Gasteiger partial charge in [-0.2, -0.15) is 0 Å². The predicted molar refractivity (Wildman–Crippen MR) is 52.9 cm³/mol. The molecule has 0 fully saturated rings. The van der Waals surface area contributed by atoms with Crippen molar-refractivity contribution in [3.63, 3.8) is 0 Å². The third kappa shape index (κ3) is 7.83. The molecule has 0 saturated heterocycles. The molecule has 9 nitrogen and oxygen atoms in total. The van der Waals surface area contributed by atoms with E-state index in [-0.39, 0.29) is 51.4 Å². The van der Waals surface area contributed by atoms with Crippen LogP contribution in [0.2, 0.25) is 0 Å². The second-order valence-electron chi connectivity index (χ2n) is 2.90. The van der Waals surface area contributed by atoms with Crippen molar-refractivity contribution in [2.75, 3.05) is 0 Å². The third-order valence-corrected chi connectivity index (χ3v) is 1.52. The SMILES string of the molecule is O=C(O)CC(O)(CC(=O)OB(O)O)C(=O)O.[KH]. The van der Waals surface area contributed by atoms with E-state index in [0.29, 0.717) is 0 Å². The van der Waals surface area contributed by atoms with Crippen LogP contribution in [0.15, 0.2) is 0 Å². The van der Waals surface area contributed by atoms with Gasteiger partial charge in [0.05, 0.1) is 12.8 Å². The monoisotopic (exact) mass is 276 g/mol. The number of aliphatic hydroxyl groups is 1. The van der Waals surface area contributed by atoms with Crippen LogP contribution in [0.4, 0.5) is 0 Å². The molecule has 1 atom stereocenters. The van der Waals surface area contributed by atoms with E-state index in [1.165, 1.54) is 0 Å². The number of carbonyl (C=O) groups is 3. The number of hydrogen-bond acceptors (Lipinski definition) is 7. The van der Waals surface area contributed by atoms with Gasteiger partial charge in [-0.05, 0) is 0 Å². The Hall–Kier alpha value is -0.00870. The molecule has 5 N–H and O–H groups in total. The fourth-order valence-electron chi connectivity index (χ4n) is 0.862. The summed E-state index contributed by atoms with van der Waals surface area (Å²) in [4.78, 5) is 31.6. The second-order valence-corrected chi connectivity index (χ2v) is 2.90. The summed E-state index contributed by atoms with van der Waals surface area (Å²) in [5.74, 6) is -5.03. The summed E-state index contributed by atoms with van der Waals surface area (Å²) in [5.41, 5.74) is -2.85. The Kier molecular flexibility index (Phi) is 9.28. The number of carboxylic acids is 2. The first kappa shape index (κ1) is 19.3. The Bertz CT molecular complexity index is 306. The van der Waals surface area contributed by atoms with Crippen LogP contribution >= 0.6 is 0 Å². The second kappa shape index (κ2) is 8.16. The quantitative estimate of drug-likeness (QED) is 0.310. The van der Waals surface area contributed by atoms with Crippen molar-refractivity contribution in [3.05, 3.63) is 0 Å². The van der Waals surface area contributed by atoms with Gasteiger partial charge in [0, 0.05) is 0 Å². The minimum atomic E-state index is -2.85. The summed E-state index contributed by atoms with van der Waals surface area (Å²) in [5, 5.41) is 42.5. The molecule has 0 spiro atoms. The van der Waals surface area contributed by atoms with Crippen LogP contribution < -0.4 is 0 Å². The molecule has 0 radical (unpaired) electrons. The fraction of sp³-hybridized carbons (Fsp3) is 0.500. The summed E-state index contributed by atoms with van der Waals surface area (Å²) in [7, 11) is -2.46. The van der Waals surface area contributed by atoms with Crippen LogP contribution in [0.25, 0.3) is 0 Å². The van der Waals surface area contributed by atoms with E-state index >= 15 is 0 Å². The van der Waals surface area contributed by atoms with E-state index in [4.69, 9.17) is 20.3 Å². The van der Waals surface area contributed by atoms with E-state index in [0.717, 1.165) is 0 Å². The molecule has 0 aliphatic rings. The van der Waals surface area contributed by atoms with Crippen LogP contribution in [-0.2, 0) is 19.0 Å². The van der Waals surface area contributed by atoms with Crippen LogP contribution in [-0.4, -0.2) is 108 Å². The summed E-state index contributed by atoms with van der Waals surface area (Å²) >= 11 is 0. The molecule has 0 rings (SSSR count). The van der Waals surface area contributed by atoms with Crippen LogP contribution in [0.1, 0.15) is 12.8 Å². The van der Waals surface area contributed by atoms with Crippen molar-refractivity contribution in [1.82, 2.24) is 0 Å². The number of carboxylic acid groups (broad SMARTS) is 2. The van der Waals surface area contributed by atoms with Gasteiger partial charge in [0.1, 0.15) is 0 Å². The number of carbonyl (C=O) groups excluding carboxylic acids is 1. The van der Waals surface area contributed by atoms with Gasteiger partial charge in [0.15, 0.2) is 5.60 Å². The minimum absolute atomic E-state index is 0. The third-order valence-electron chi connectivity index (χ3n) is 1.52. The Morgan fingerprint density at radius 1 is 1.12 bits per heavy atom. The van der Waals surface area contributed by atoms with Gasteiger partial charge >= 0.3 is 70.6 Å². The van der Waals surface area contributed by atoms with Gasteiger partial charge < -0.3 is 30.0 Å². The molecule has 11 heteroatoms. The van der Waals surface area contributed by atoms with E-state index in [9.17, 15) is 19.5 Å². The zero-order chi connectivity index (χ0) is 12.9. The molecule has 0 aliphatic carbocycles. The van der Waals surface area contributed by atoms with E-state index < -0.39 is 43.7 Å². The summed E-state index contributed by atoms with van der Waals surface area (Å²) in [6.07, 6.45) is -2.44. The molecule has 92 valence electrons. The molecule has 0 heterocycles. The fourth-order valence-corrected chi connectivity index (χ4v) is 0.862. The van der Waals surface area contributed by atoms with Gasteiger partial charge in [-0.25, -0.2) is 4.79 Å². The predicted octanol–water partition coefficient (Wildman–Crippen LogP) is -3.47. The Morgan fingerprint density at radius 3 is 1.88 bits per heavy atom. The molecular weight excluding hydrogens is 266 g/mol. The van der Waals surface area contributed by atoms with Crippen molar-refractivity contribution < 1.29 is 44.4 Å². The molecule has 0 aromatic heterocycles. The first-order valence-corrected chi connectivity index (χ1v) is 3.90. The average Bonchev–Trinajstić information content (AvgIpc) is 1.98. The van der Waals surface area contributed by atoms with E-state index in [1.54, 1.807) is 0 Å². The summed E-state index contributed by atoms with van der Waals surface area (Å²) < 4.78 is 3.73. The maximum atomic E-state index is 10.8. The van der Waals surface area contributed by atoms with Crippen molar-refractivity contribution >= 4 is 76.6 Å². The van der Waals surface area contributed by atoms with Crippen LogP contribution in [0.5, 0.6) is 0 Å². The molecule has 0 saturated carbocycles. The summed E-state index contributed by atoms with van der Waals surface area (Å²) in [6, 6.07) is 0. The van der Waals surface area contributed by atoms with Crippen LogP contribution in [0.3, 0.4) is 0 Å². The summed E-state index contributed by atoms with van der Waals surface area (Å²) in [6.45, 7) is 0. The van der Waals surface area contributed by atoms with Crippen molar-refractivity contribution in [2.24, 2.45) is 0 Å². The topological polar surface area (TPSA) is 162 Å². The first-order valence-electron chi connectivity index (χ1n) is 3.90. The van der Waals surface area contributed by atoms with Gasteiger partial charge in [0.25, 0.3) is 5.97 Å². The molecule has 0 amide bonds. The Balaban J connectivity index is 0. The zero-order valence-corrected chi connectivity index (χ0v) is 7.86. The number of rotatable bonds is 6. The number of aliphatic carboxylic acids is 2. The molecular formula is C6H10BKO9. The molecule has 0 aromatic carbocycles. The maximum absolute atomic E-state index is 10.8.